The second-order valence-electron chi connectivity index (χ2n) is 2.00. The van der Waals surface area contributed by atoms with Gasteiger partial charge >= 0.3 is 0 Å². The molecule has 0 aliphatic heterocycles. The summed E-state index contributed by atoms with van der Waals surface area (Å²) in [5, 5.41) is 10.6. The number of pyridine rings is 1. The first-order valence-electron chi connectivity index (χ1n) is 2.86. The van der Waals surface area contributed by atoms with Gasteiger partial charge in [-0.3, -0.25) is 0 Å². The molecule has 0 atom stereocenters. The van der Waals surface area contributed by atoms with E-state index in [0.29, 0.717) is 21.0 Å². The third-order valence-corrected chi connectivity index (χ3v) is 2.35. The van der Waals surface area contributed by atoms with Crippen LogP contribution in [0.1, 0.15) is 5.69 Å². The van der Waals surface area contributed by atoms with Gasteiger partial charge in [0.1, 0.15) is 5.15 Å². The lowest BCUT2D eigenvalue weighted by atomic mass is 10.3. The van der Waals surface area contributed by atoms with Crippen molar-refractivity contribution in [2.45, 2.75) is 6.92 Å². The Labute approximate surface area is 77.5 Å². The summed E-state index contributed by atoms with van der Waals surface area (Å²) in [6.07, 6.45) is 0. The Hall–Kier alpha value is -0.320. The normalized spacial score (nSPS) is 9.82. The standard InChI is InChI=1S/C6H5BrClN2O/c1-3-5(10-11)2-4(7)6(8)9-3/h2,10H,1H3/q-1. The summed E-state index contributed by atoms with van der Waals surface area (Å²) in [4.78, 5) is 3.90. The second kappa shape index (κ2) is 3.38. The van der Waals surface area contributed by atoms with Crippen LogP contribution < -0.4 is 5.48 Å². The molecule has 0 fully saturated rings. The highest BCUT2D eigenvalue weighted by Crippen LogP contribution is 2.25. The number of aromatic nitrogens is 1. The first kappa shape index (κ1) is 8.77. The van der Waals surface area contributed by atoms with E-state index >= 15 is 0 Å². The van der Waals surface area contributed by atoms with Crippen LogP contribution in [-0.2, 0) is 0 Å². The predicted octanol–water partition coefficient (Wildman–Crippen LogP) is 2.72. The van der Waals surface area contributed by atoms with E-state index in [2.05, 4.69) is 20.9 Å². The summed E-state index contributed by atoms with van der Waals surface area (Å²) in [5.41, 5.74) is 2.78. The van der Waals surface area contributed by atoms with Crippen molar-refractivity contribution in [2.75, 3.05) is 5.48 Å². The lowest BCUT2D eigenvalue weighted by Gasteiger charge is -2.12. The van der Waals surface area contributed by atoms with Crippen molar-refractivity contribution in [1.29, 1.82) is 0 Å². The van der Waals surface area contributed by atoms with Gasteiger partial charge in [0.2, 0.25) is 0 Å². The maximum absolute atomic E-state index is 10.3. The maximum Gasteiger partial charge on any atom is 0.143 e. The molecule has 1 rings (SSSR count). The summed E-state index contributed by atoms with van der Waals surface area (Å²) in [7, 11) is 0. The smallest absolute Gasteiger partial charge is 0.143 e. The van der Waals surface area contributed by atoms with E-state index in [9.17, 15) is 5.21 Å². The van der Waals surface area contributed by atoms with Crippen molar-refractivity contribution in [3.8, 4) is 0 Å². The number of aryl methyl sites for hydroxylation is 1. The first-order chi connectivity index (χ1) is 5.15. The van der Waals surface area contributed by atoms with Gasteiger partial charge in [0.25, 0.3) is 0 Å². The van der Waals surface area contributed by atoms with Gasteiger partial charge in [-0.1, -0.05) is 11.6 Å². The zero-order valence-electron chi connectivity index (χ0n) is 5.69. The minimum absolute atomic E-state index is 0.363. The fraction of sp³-hybridized carbons (Fsp3) is 0.167. The van der Waals surface area contributed by atoms with Gasteiger partial charge in [0.05, 0.1) is 10.2 Å². The van der Waals surface area contributed by atoms with Crippen molar-refractivity contribution >= 4 is 33.2 Å². The average Bonchev–Trinajstić information content (AvgIpc) is 1.97. The highest BCUT2D eigenvalue weighted by Gasteiger charge is 2.01. The number of anilines is 1. The monoisotopic (exact) mass is 235 g/mol. The number of hydrogen-bond acceptors (Lipinski definition) is 3. The van der Waals surface area contributed by atoms with E-state index in [1.54, 1.807) is 18.5 Å². The molecule has 0 aliphatic carbocycles. The van der Waals surface area contributed by atoms with Gasteiger partial charge in [-0.2, -0.15) is 0 Å². The van der Waals surface area contributed by atoms with Crippen molar-refractivity contribution in [2.24, 2.45) is 0 Å². The molecular formula is C6H5BrClN2O-. The van der Waals surface area contributed by atoms with Gasteiger partial charge in [0, 0.05) is 5.69 Å². The molecule has 11 heavy (non-hydrogen) atoms. The van der Waals surface area contributed by atoms with Gasteiger partial charge in [-0.05, 0) is 28.9 Å². The molecule has 1 aromatic rings. The van der Waals surface area contributed by atoms with Crippen molar-refractivity contribution < 1.29 is 0 Å². The first-order valence-corrected chi connectivity index (χ1v) is 4.03. The fourth-order valence-corrected chi connectivity index (χ4v) is 1.15. The Morgan fingerprint density at radius 1 is 1.73 bits per heavy atom. The van der Waals surface area contributed by atoms with E-state index in [1.165, 1.54) is 0 Å². The molecule has 60 valence electrons. The zero-order chi connectivity index (χ0) is 8.43. The predicted molar refractivity (Wildman–Crippen MR) is 48.7 cm³/mol. The Kier molecular flexibility index (Phi) is 2.70. The van der Waals surface area contributed by atoms with Crippen molar-refractivity contribution in [3.63, 3.8) is 0 Å². The highest BCUT2D eigenvalue weighted by atomic mass is 79.9. The molecule has 0 aromatic carbocycles. The zero-order valence-corrected chi connectivity index (χ0v) is 8.03. The summed E-state index contributed by atoms with van der Waals surface area (Å²) < 4.78 is 0.614. The minimum Gasteiger partial charge on any atom is -0.761 e. The average molecular weight is 236 g/mol. The Balaban J connectivity index is 3.21. The van der Waals surface area contributed by atoms with Crippen LogP contribution in [0, 0.1) is 12.1 Å². The van der Waals surface area contributed by atoms with Gasteiger partial charge in [-0.15, -0.1) is 0 Å². The number of rotatable bonds is 1. The lowest BCUT2D eigenvalue weighted by molar-refractivity contribution is 1.19. The molecule has 0 amide bonds. The SMILES string of the molecule is Cc1nc(Cl)c(Br)cc1N[O-]. The molecule has 3 nitrogen and oxygen atoms in total. The largest absolute Gasteiger partial charge is 0.761 e. The molecule has 0 saturated heterocycles. The lowest BCUT2D eigenvalue weighted by Crippen LogP contribution is -1.92. The van der Waals surface area contributed by atoms with Gasteiger partial charge in [0.15, 0.2) is 0 Å². The molecule has 0 unspecified atom stereocenters. The number of halogens is 2. The van der Waals surface area contributed by atoms with Crippen LogP contribution in [0.25, 0.3) is 0 Å². The van der Waals surface area contributed by atoms with E-state index in [0.717, 1.165) is 0 Å². The van der Waals surface area contributed by atoms with Crippen LogP contribution in [0.2, 0.25) is 5.15 Å². The molecule has 1 aromatic heterocycles. The minimum atomic E-state index is 0.363. The second-order valence-corrected chi connectivity index (χ2v) is 3.21. The van der Waals surface area contributed by atoms with E-state index in [1.807, 2.05) is 0 Å². The molecule has 0 aliphatic rings. The van der Waals surface area contributed by atoms with Crippen LogP contribution in [0.15, 0.2) is 10.5 Å². The van der Waals surface area contributed by atoms with Crippen molar-refractivity contribution in [1.82, 2.24) is 4.98 Å². The molecule has 0 bridgehead atoms. The highest BCUT2D eigenvalue weighted by molar-refractivity contribution is 9.10. The van der Waals surface area contributed by atoms with Gasteiger partial charge in [-0.25, -0.2) is 4.98 Å². The maximum atomic E-state index is 10.3. The molecule has 0 spiro atoms. The number of nitrogens with zero attached hydrogens (tertiary/aromatic N) is 1. The summed E-state index contributed by atoms with van der Waals surface area (Å²) in [6, 6.07) is 1.59. The molecule has 0 radical (unpaired) electrons. The van der Waals surface area contributed by atoms with Crippen LogP contribution in [-0.4, -0.2) is 4.98 Å². The Morgan fingerprint density at radius 2 is 2.36 bits per heavy atom. The number of hydrogen-bond donors (Lipinski definition) is 1. The summed E-state index contributed by atoms with van der Waals surface area (Å²) in [6.45, 7) is 1.71. The van der Waals surface area contributed by atoms with Crippen molar-refractivity contribution in [3.05, 3.63) is 26.6 Å². The van der Waals surface area contributed by atoms with Crippen LogP contribution in [0.5, 0.6) is 0 Å². The topological polar surface area (TPSA) is 48.0 Å². The van der Waals surface area contributed by atoms with E-state index in [-0.39, 0.29) is 0 Å². The molecule has 5 heteroatoms. The van der Waals surface area contributed by atoms with E-state index < -0.39 is 0 Å². The van der Waals surface area contributed by atoms with Crippen LogP contribution in [0.3, 0.4) is 0 Å². The quantitative estimate of drug-likeness (QED) is 0.602. The Bertz CT molecular complexity index is 280. The molecular weight excluding hydrogens is 231 g/mol. The third-order valence-electron chi connectivity index (χ3n) is 1.23. The molecule has 1 N–H and O–H groups in total. The molecule has 1 heterocycles. The van der Waals surface area contributed by atoms with Gasteiger partial charge < -0.3 is 10.7 Å². The van der Waals surface area contributed by atoms with Crippen LogP contribution >= 0.6 is 27.5 Å². The summed E-state index contributed by atoms with van der Waals surface area (Å²) >= 11 is 8.80. The fourth-order valence-electron chi connectivity index (χ4n) is 0.655. The molecule has 0 saturated carbocycles. The Morgan fingerprint density at radius 3 is 2.91 bits per heavy atom. The number of nitrogens with one attached hydrogen (secondary N) is 1. The third kappa shape index (κ3) is 1.83. The summed E-state index contributed by atoms with van der Waals surface area (Å²) in [5.74, 6) is 0. The van der Waals surface area contributed by atoms with Crippen LogP contribution in [0.4, 0.5) is 5.69 Å². The van der Waals surface area contributed by atoms with E-state index in [4.69, 9.17) is 11.6 Å².